The van der Waals surface area contributed by atoms with Crippen molar-refractivity contribution in [2.75, 3.05) is 6.61 Å². The van der Waals surface area contributed by atoms with E-state index in [1.807, 2.05) is 32.9 Å². The fourth-order valence-electron chi connectivity index (χ4n) is 4.14. The first kappa shape index (κ1) is 23.2. The van der Waals surface area contributed by atoms with Gasteiger partial charge in [-0.3, -0.25) is 4.79 Å². The minimum Gasteiger partial charge on any atom is -0.534 e. The summed E-state index contributed by atoms with van der Waals surface area (Å²) < 4.78 is 19.4. The second-order valence-electron chi connectivity index (χ2n) is 9.44. The Morgan fingerprint density at radius 3 is 2.52 bits per heavy atom. The molecule has 1 saturated heterocycles. The molecule has 0 spiro atoms. The van der Waals surface area contributed by atoms with Crippen LogP contribution >= 0.6 is 0 Å². The minimum absolute atomic E-state index is 0.220. The van der Waals surface area contributed by atoms with E-state index in [-0.39, 0.29) is 12.4 Å². The Bertz CT molecular complexity index is 1180. The molecule has 2 aromatic carbocycles. The van der Waals surface area contributed by atoms with Crippen molar-refractivity contribution in [3.63, 3.8) is 0 Å². The third-order valence-electron chi connectivity index (χ3n) is 6.22. The molecule has 0 amide bonds. The van der Waals surface area contributed by atoms with E-state index in [2.05, 4.69) is 61.5 Å². The lowest BCUT2D eigenvalue weighted by molar-refractivity contribution is -0.142. The number of carbonyl (C=O) groups is 1. The van der Waals surface area contributed by atoms with Gasteiger partial charge < -0.3 is 18.6 Å². The van der Waals surface area contributed by atoms with Gasteiger partial charge in [-0.25, -0.2) is 0 Å². The summed E-state index contributed by atoms with van der Waals surface area (Å²) in [6.45, 7) is 15.2. The lowest BCUT2D eigenvalue weighted by Gasteiger charge is -2.15. The highest BCUT2D eigenvalue weighted by atomic mass is 16.7. The van der Waals surface area contributed by atoms with Gasteiger partial charge in [0.05, 0.1) is 18.8 Å². The zero-order valence-electron chi connectivity index (χ0n) is 20.2. The van der Waals surface area contributed by atoms with Crippen LogP contribution in [0.4, 0.5) is 0 Å². The van der Waals surface area contributed by atoms with Gasteiger partial charge in [0.25, 0.3) is 0 Å². The molecule has 1 aliphatic rings. The molecule has 0 radical (unpaired) electrons. The molecular formula is C27H32BNO4. The van der Waals surface area contributed by atoms with Crippen molar-refractivity contribution >= 4 is 29.5 Å². The number of esters is 1. The predicted molar refractivity (Wildman–Crippen MR) is 133 cm³/mol. The molecule has 172 valence electrons. The van der Waals surface area contributed by atoms with Crippen LogP contribution < -0.4 is 5.46 Å². The van der Waals surface area contributed by atoms with Gasteiger partial charge in [0.1, 0.15) is 5.60 Å². The van der Waals surface area contributed by atoms with E-state index in [0.717, 1.165) is 21.9 Å². The summed E-state index contributed by atoms with van der Waals surface area (Å²) in [5.74, 6) is 0.897. The van der Waals surface area contributed by atoms with Crippen molar-refractivity contribution < 1.29 is 18.8 Å². The summed E-state index contributed by atoms with van der Waals surface area (Å²) >= 11 is 0. The third kappa shape index (κ3) is 4.86. The summed E-state index contributed by atoms with van der Waals surface area (Å²) in [7, 11) is -0.501. The van der Waals surface area contributed by atoms with E-state index in [1.165, 1.54) is 11.1 Å². The van der Waals surface area contributed by atoms with Crippen LogP contribution in [0, 0.1) is 0 Å². The molecule has 0 bridgehead atoms. The van der Waals surface area contributed by atoms with Crippen LogP contribution in [0.2, 0.25) is 0 Å². The minimum atomic E-state index is -0.533. The summed E-state index contributed by atoms with van der Waals surface area (Å²) in [5.41, 5.74) is 4.89. The highest BCUT2D eigenvalue weighted by Crippen LogP contribution is 2.30. The molecule has 0 N–H and O–H groups in total. The van der Waals surface area contributed by atoms with Crippen LogP contribution in [-0.4, -0.2) is 29.9 Å². The van der Waals surface area contributed by atoms with Crippen LogP contribution in [-0.2, 0) is 31.8 Å². The van der Waals surface area contributed by atoms with Crippen LogP contribution in [0.25, 0.3) is 10.9 Å². The molecule has 4 rings (SSSR count). The van der Waals surface area contributed by atoms with E-state index in [1.54, 1.807) is 0 Å². The maximum absolute atomic E-state index is 12.2. The average Bonchev–Trinajstić information content (AvgIpc) is 3.24. The van der Waals surface area contributed by atoms with E-state index < -0.39 is 12.7 Å². The molecule has 0 aliphatic carbocycles. The molecule has 33 heavy (non-hydrogen) atoms. The van der Waals surface area contributed by atoms with Gasteiger partial charge in [-0.05, 0) is 54.9 Å². The summed E-state index contributed by atoms with van der Waals surface area (Å²) in [6, 6.07) is 14.8. The van der Waals surface area contributed by atoms with Crippen LogP contribution in [0.5, 0.6) is 0 Å². The topological polar surface area (TPSA) is 49.7 Å². The molecule has 0 unspecified atom stereocenters. The highest BCUT2D eigenvalue weighted by molar-refractivity contribution is 6.62. The number of aromatic nitrogens is 1. The smallest absolute Gasteiger partial charge is 0.534 e. The molecule has 3 aromatic rings. The summed E-state index contributed by atoms with van der Waals surface area (Å²) in [4.78, 5) is 12.2. The predicted octanol–water partition coefficient (Wildman–Crippen LogP) is 4.95. The van der Waals surface area contributed by atoms with Crippen LogP contribution in [0.15, 0.2) is 61.0 Å². The van der Waals surface area contributed by atoms with Gasteiger partial charge in [-0.15, -0.1) is 0 Å². The zero-order valence-corrected chi connectivity index (χ0v) is 20.2. The Kier molecular flexibility index (Phi) is 6.40. The Balaban J connectivity index is 1.71. The average molecular weight is 445 g/mol. The Morgan fingerprint density at radius 2 is 1.91 bits per heavy atom. The lowest BCUT2D eigenvalue weighted by atomic mass is 9.79. The van der Waals surface area contributed by atoms with Gasteiger partial charge in [0.15, 0.2) is 0 Å². The van der Waals surface area contributed by atoms with Gasteiger partial charge in [0, 0.05) is 23.6 Å². The summed E-state index contributed by atoms with van der Waals surface area (Å²) in [6.07, 6.45) is 2.30. The first-order valence-corrected chi connectivity index (χ1v) is 11.6. The quantitative estimate of drug-likeness (QED) is 0.381. The molecule has 5 nitrogen and oxygen atoms in total. The molecule has 1 aromatic heterocycles. The lowest BCUT2D eigenvalue weighted by Crippen LogP contribution is -2.34. The van der Waals surface area contributed by atoms with E-state index in [4.69, 9.17) is 14.0 Å². The van der Waals surface area contributed by atoms with E-state index in [9.17, 15) is 4.79 Å². The first-order valence-electron chi connectivity index (χ1n) is 11.6. The Morgan fingerprint density at radius 1 is 1.18 bits per heavy atom. The fourth-order valence-corrected chi connectivity index (χ4v) is 4.14. The third-order valence-corrected chi connectivity index (χ3v) is 6.22. The number of benzene rings is 2. The number of carbonyl (C=O) groups excluding carboxylic acids is 1. The van der Waals surface area contributed by atoms with Crippen molar-refractivity contribution in [3.05, 3.63) is 77.7 Å². The van der Waals surface area contributed by atoms with Gasteiger partial charge in [-0.1, -0.05) is 56.8 Å². The largest absolute Gasteiger partial charge is 0.563 e. The second-order valence-corrected chi connectivity index (χ2v) is 9.44. The molecular weight excluding hydrogens is 413 g/mol. The van der Waals surface area contributed by atoms with E-state index in [0.29, 0.717) is 24.8 Å². The van der Waals surface area contributed by atoms with Crippen molar-refractivity contribution in [1.29, 1.82) is 0 Å². The van der Waals surface area contributed by atoms with Crippen molar-refractivity contribution in [2.45, 2.75) is 59.1 Å². The van der Waals surface area contributed by atoms with Crippen molar-refractivity contribution in [2.24, 2.45) is 0 Å². The number of nitrogens with zero attached hydrogens (tertiary/aromatic N) is 1. The maximum Gasteiger partial charge on any atom is 0.563 e. The second kappa shape index (κ2) is 9.10. The summed E-state index contributed by atoms with van der Waals surface area (Å²) in [5, 5.41) is 1.03. The van der Waals surface area contributed by atoms with Gasteiger partial charge in [-0.2, -0.15) is 0 Å². The Hall–Kier alpha value is -2.99. The SMILES string of the molecule is C=C1OB(c2ccc3c(CC(=O)OCC)cn(Cc4ccc(C(C)C)cc4)c3c2)OC1(C)C. The number of hydrogen-bond donors (Lipinski definition) is 0. The number of ether oxygens (including phenoxy) is 1. The molecule has 2 heterocycles. The maximum atomic E-state index is 12.2. The van der Waals surface area contributed by atoms with Crippen LogP contribution in [0.1, 0.15) is 57.2 Å². The molecule has 6 heteroatoms. The number of hydrogen-bond acceptors (Lipinski definition) is 4. The van der Waals surface area contributed by atoms with Crippen molar-refractivity contribution in [3.8, 4) is 0 Å². The molecule has 1 aliphatic heterocycles. The molecule has 0 saturated carbocycles. The van der Waals surface area contributed by atoms with Gasteiger partial charge in [0.2, 0.25) is 0 Å². The van der Waals surface area contributed by atoms with Gasteiger partial charge >= 0.3 is 13.1 Å². The zero-order chi connectivity index (χ0) is 23.8. The molecule has 0 atom stereocenters. The monoisotopic (exact) mass is 445 g/mol. The first-order chi connectivity index (χ1) is 15.7. The molecule has 1 fully saturated rings. The standard InChI is InChI=1S/C27H32BNO4/c1-7-31-26(30)14-22-17-29(16-20-8-10-21(11-9-20)18(2)3)25-15-23(12-13-24(22)25)28-32-19(4)27(5,6)33-28/h8-13,15,17-18H,4,7,14,16H2,1-3,5-6H3. The van der Waals surface area contributed by atoms with Crippen LogP contribution in [0.3, 0.4) is 0 Å². The van der Waals surface area contributed by atoms with E-state index >= 15 is 0 Å². The number of rotatable bonds is 7. The highest BCUT2D eigenvalue weighted by Gasteiger charge is 2.42. The Labute approximate surface area is 196 Å². The number of fused-ring (bicyclic) bond motifs is 1. The normalized spacial score (nSPS) is 15.3. The fraction of sp³-hybridized carbons (Fsp3) is 0.370. The van der Waals surface area contributed by atoms with Crippen molar-refractivity contribution in [1.82, 2.24) is 4.57 Å².